The second kappa shape index (κ2) is 6.70. The third kappa shape index (κ3) is 3.80. The lowest BCUT2D eigenvalue weighted by Gasteiger charge is -2.11. The van der Waals surface area contributed by atoms with Gasteiger partial charge in [-0.05, 0) is 36.4 Å². The van der Waals surface area contributed by atoms with Gasteiger partial charge in [0.05, 0.1) is 12.1 Å². The Labute approximate surface area is 132 Å². The Morgan fingerprint density at radius 3 is 2.57 bits per heavy atom. The molecule has 0 fully saturated rings. The Bertz CT molecular complexity index is 675. The van der Waals surface area contributed by atoms with Gasteiger partial charge in [-0.3, -0.25) is 5.41 Å². The molecular formula is C15H14Cl2N2O2. The summed E-state index contributed by atoms with van der Waals surface area (Å²) >= 11 is 12.0. The van der Waals surface area contributed by atoms with Crippen molar-refractivity contribution in [1.29, 1.82) is 5.41 Å². The van der Waals surface area contributed by atoms with Crippen LogP contribution in [0.4, 0.5) is 0 Å². The fraction of sp³-hybridized carbons (Fsp3) is 0.133. The van der Waals surface area contributed by atoms with E-state index in [-0.39, 0.29) is 5.84 Å². The van der Waals surface area contributed by atoms with Gasteiger partial charge in [-0.15, -0.1) is 0 Å². The molecule has 0 amide bonds. The summed E-state index contributed by atoms with van der Waals surface area (Å²) in [4.78, 5) is 0. The monoisotopic (exact) mass is 324 g/mol. The van der Waals surface area contributed by atoms with E-state index in [0.717, 1.165) is 5.56 Å². The molecular weight excluding hydrogens is 311 g/mol. The maximum absolute atomic E-state index is 7.38. The Morgan fingerprint density at radius 1 is 1.19 bits per heavy atom. The van der Waals surface area contributed by atoms with Crippen LogP contribution in [-0.4, -0.2) is 12.9 Å². The van der Waals surface area contributed by atoms with Gasteiger partial charge in [-0.25, -0.2) is 0 Å². The first-order chi connectivity index (χ1) is 10.0. The van der Waals surface area contributed by atoms with Crippen molar-refractivity contribution < 1.29 is 9.47 Å². The highest BCUT2D eigenvalue weighted by Crippen LogP contribution is 2.26. The third-order valence-corrected chi connectivity index (χ3v) is 3.42. The normalized spacial score (nSPS) is 10.2. The van der Waals surface area contributed by atoms with Crippen molar-refractivity contribution in [3.05, 3.63) is 57.6 Å². The molecule has 0 aliphatic heterocycles. The zero-order valence-electron chi connectivity index (χ0n) is 11.3. The first kappa shape index (κ1) is 15.5. The molecule has 21 heavy (non-hydrogen) atoms. The van der Waals surface area contributed by atoms with Crippen molar-refractivity contribution in [3.8, 4) is 11.5 Å². The first-order valence-corrected chi connectivity index (χ1v) is 6.86. The van der Waals surface area contributed by atoms with Crippen molar-refractivity contribution in [2.45, 2.75) is 6.61 Å². The summed E-state index contributed by atoms with van der Waals surface area (Å²) < 4.78 is 10.9. The molecule has 0 saturated carbocycles. The molecule has 0 unspecified atom stereocenters. The van der Waals surface area contributed by atoms with E-state index < -0.39 is 0 Å². The van der Waals surface area contributed by atoms with Crippen LogP contribution < -0.4 is 15.2 Å². The number of benzene rings is 2. The molecule has 0 aromatic heterocycles. The van der Waals surface area contributed by atoms with E-state index in [2.05, 4.69) is 0 Å². The van der Waals surface area contributed by atoms with Crippen LogP contribution in [0.3, 0.4) is 0 Å². The molecule has 0 atom stereocenters. The zero-order chi connectivity index (χ0) is 15.4. The fourth-order valence-corrected chi connectivity index (χ4v) is 2.29. The van der Waals surface area contributed by atoms with E-state index in [1.54, 1.807) is 43.5 Å². The highest BCUT2D eigenvalue weighted by Gasteiger charge is 2.08. The summed E-state index contributed by atoms with van der Waals surface area (Å²) in [6.07, 6.45) is 0. The molecule has 0 heterocycles. The van der Waals surface area contributed by atoms with Gasteiger partial charge < -0.3 is 15.2 Å². The molecule has 0 saturated heterocycles. The molecule has 4 nitrogen and oxygen atoms in total. The largest absolute Gasteiger partial charge is 0.496 e. The van der Waals surface area contributed by atoms with Crippen LogP contribution in [0, 0.1) is 5.41 Å². The molecule has 0 aliphatic rings. The second-order valence-electron chi connectivity index (χ2n) is 4.30. The first-order valence-electron chi connectivity index (χ1n) is 6.10. The number of nitrogens with one attached hydrogen (secondary N) is 1. The zero-order valence-corrected chi connectivity index (χ0v) is 12.8. The van der Waals surface area contributed by atoms with Crippen LogP contribution in [0.15, 0.2) is 36.4 Å². The maximum atomic E-state index is 7.38. The van der Waals surface area contributed by atoms with Gasteiger partial charge in [0, 0.05) is 16.1 Å². The molecule has 2 aromatic rings. The molecule has 2 rings (SSSR count). The molecule has 110 valence electrons. The predicted molar refractivity (Wildman–Crippen MR) is 84.8 cm³/mol. The van der Waals surface area contributed by atoms with Crippen molar-refractivity contribution >= 4 is 29.0 Å². The Morgan fingerprint density at radius 2 is 1.95 bits per heavy atom. The van der Waals surface area contributed by atoms with Crippen molar-refractivity contribution in [2.24, 2.45) is 5.73 Å². The average Bonchev–Trinajstić information content (AvgIpc) is 2.45. The molecule has 3 N–H and O–H groups in total. The Kier molecular flexibility index (Phi) is 4.94. The lowest BCUT2D eigenvalue weighted by molar-refractivity contribution is 0.296. The lowest BCUT2D eigenvalue weighted by atomic mass is 10.2. The standard InChI is InChI=1S/C15H14Cl2N2O2/c1-20-14-5-2-10(16)6-9(14)8-21-11-3-4-12(15(18)19)13(17)7-11/h2-7H,8H2,1H3,(H3,18,19). The lowest BCUT2D eigenvalue weighted by Crippen LogP contribution is -2.11. The van der Waals surface area contributed by atoms with E-state index in [4.69, 9.17) is 43.8 Å². The van der Waals surface area contributed by atoms with Gasteiger partial charge in [0.2, 0.25) is 0 Å². The number of amidine groups is 1. The summed E-state index contributed by atoms with van der Waals surface area (Å²) in [6, 6.07) is 10.3. The SMILES string of the molecule is COc1ccc(Cl)cc1COc1ccc(C(=N)N)c(Cl)c1. The minimum atomic E-state index is -0.0805. The highest BCUT2D eigenvalue weighted by atomic mass is 35.5. The maximum Gasteiger partial charge on any atom is 0.125 e. The predicted octanol–water partition coefficient (Wildman–Crippen LogP) is 3.87. The molecule has 0 aliphatic carbocycles. The van der Waals surface area contributed by atoms with Crippen molar-refractivity contribution in [1.82, 2.24) is 0 Å². The average molecular weight is 325 g/mol. The summed E-state index contributed by atoms with van der Waals surface area (Å²) in [5.41, 5.74) is 6.72. The van der Waals surface area contributed by atoms with Gasteiger partial charge in [0.15, 0.2) is 0 Å². The minimum Gasteiger partial charge on any atom is -0.496 e. The number of hydrogen-bond donors (Lipinski definition) is 2. The number of ether oxygens (including phenoxy) is 2. The molecule has 0 radical (unpaired) electrons. The molecule has 2 aromatic carbocycles. The third-order valence-electron chi connectivity index (χ3n) is 2.87. The summed E-state index contributed by atoms with van der Waals surface area (Å²) in [7, 11) is 1.59. The highest BCUT2D eigenvalue weighted by molar-refractivity contribution is 6.34. The molecule has 0 bridgehead atoms. The van der Waals surface area contributed by atoms with Gasteiger partial charge in [0.1, 0.15) is 23.9 Å². The minimum absolute atomic E-state index is 0.0805. The topological polar surface area (TPSA) is 68.3 Å². The van der Waals surface area contributed by atoms with Crippen LogP contribution in [-0.2, 0) is 6.61 Å². The molecule has 0 spiro atoms. The fourth-order valence-electron chi connectivity index (χ4n) is 1.83. The van der Waals surface area contributed by atoms with E-state index in [0.29, 0.717) is 33.7 Å². The number of nitrogens with two attached hydrogens (primary N) is 1. The van der Waals surface area contributed by atoms with E-state index >= 15 is 0 Å². The van der Waals surface area contributed by atoms with Crippen molar-refractivity contribution in [3.63, 3.8) is 0 Å². The summed E-state index contributed by atoms with van der Waals surface area (Å²) in [6.45, 7) is 0.291. The number of halogens is 2. The van der Waals surface area contributed by atoms with Gasteiger partial charge in [-0.1, -0.05) is 23.2 Å². The number of rotatable bonds is 5. The van der Waals surface area contributed by atoms with E-state index in [1.165, 1.54) is 0 Å². The van der Waals surface area contributed by atoms with Crippen LogP contribution in [0.5, 0.6) is 11.5 Å². The van der Waals surface area contributed by atoms with Crippen LogP contribution in [0.2, 0.25) is 10.0 Å². The van der Waals surface area contributed by atoms with E-state index in [9.17, 15) is 0 Å². The van der Waals surface area contributed by atoms with Crippen LogP contribution >= 0.6 is 23.2 Å². The molecule has 6 heteroatoms. The van der Waals surface area contributed by atoms with Crippen LogP contribution in [0.25, 0.3) is 0 Å². The number of methoxy groups -OCH3 is 1. The van der Waals surface area contributed by atoms with Crippen LogP contribution in [0.1, 0.15) is 11.1 Å². The van der Waals surface area contributed by atoms with E-state index in [1.807, 2.05) is 0 Å². The number of nitrogen functional groups attached to an aromatic ring is 1. The summed E-state index contributed by atoms with van der Waals surface area (Å²) in [5, 5.41) is 8.36. The Balaban J connectivity index is 2.15. The van der Waals surface area contributed by atoms with Gasteiger partial charge in [0.25, 0.3) is 0 Å². The van der Waals surface area contributed by atoms with Gasteiger partial charge >= 0.3 is 0 Å². The smallest absolute Gasteiger partial charge is 0.125 e. The number of hydrogen-bond acceptors (Lipinski definition) is 3. The second-order valence-corrected chi connectivity index (χ2v) is 5.14. The quantitative estimate of drug-likeness (QED) is 0.648. The van der Waals surface area contributed by atoms with Gasteiger partial charge in [-0.2, -0.15) is 0 Å². The van der Waals surface area contributed by atoms with Crippen molar-refractivity contribution in [2.75, 3.05) is 7.11 Å². The Hall–Kier alpha value is -1.91. The summed E-state index contributed by atoms with van der Waals surface area (Å²) in [5.74, 6) is 1.20.